The Morgan fingerprint density at radius 3 is 2.82 bits per heavy atom. The van der Waals surface area contributed by atoms with Crippen molar-refractivity contribution in [2.24, 2.45) is 5.41 Å². The molecule has 2 aliphatic rings. The van der Waals surface area contributed by atoms with Crippen LogP contribution >= 0.6 is 11.8 Å². The van der Waals surface area contributed by atoms with Gasteiger partial charge in [-0.25, -0.2) is 5.01 Å². The summed E-state index contributed by atoms with van der Waals surface area (Å²) in [5.41, 5.74) is -0.975. The van der Waals surface area contributed by atoms with Crippen molar-refractivity contribution in [2.45, 2.75) is 25.3 Å². The number of carboxylic acid groups (broad SMARTS) is 1. The van der Waals surface area contributed by atoms with Crippen molar-refractivity contribution in [1.82, 2.24) is 25.2 Å². The fourth-order valence-corrected chi connectivity index (χ4v) is 4.15. The number of hydrogen-bond donors (Lipinski definition) is 1. The molecule has 0 saturated carbocycles. The first-order valence-corrected chi connectivity index (χ1v) is 7.58. The van der Waals surface area contributed by atoms with Crippen LogP contribution in [0, 0.1) is 5.41 Å². The molecule has 2 fully saturated rings. The van der Waals surface area contributed by atoms with Gasteiger partial charge >= 0.3 is 5.97 Å². The third-order valence-electron chi connectivity index (χ3n) is 3.87. The van der Waals surface area contributed by atoms with Gasteiger partial charge in [0.1, 0.15) is 5.37 Å². The van der Waals surface area contributed by atoms with E-state index >= 15 is 0 Å². The maximum atomic E-state index is 12.4. The first-order chi connectivity index (χ1) is 10.3. The summed E-state index contributed by atoms with van der Waals surface area (Å²) in [7, 11) is 0. The Labute approximate surface area is 129 Å². The van der Waals surface area contributed by atoms with Crippen LogP contribution in [-0.2, 0) is 14.4 Å². The van der Waals surface area contributed by atoms with Crippen LogP contribution in [0.4, 0.5) is 0 Å². The predicted octanol–water partition coefficient (Wildman–Crippen LogP) is -1.47. The molecule has 0 aromatic carbocycles. The molecule has 0 aliphatic carbocycles. The van der Waals surface area contributed by atoms with Crippen molar-refractivity contribution < 1.29 is 19.5 Å². The van der Waals surface area contributed by atoms with E-state index in [1.807, 2.05) is 0 Å². The normalized spacial score (nSPS) is 30.5. The lowest BCUT2D eigenvalue weighted by Crippen LogP contribution is -2.75. The fraction of sp³-hybridized carbons (Fsp3) is 0.636. The number of aliphatic carboxylic acids is 1. The number of hydrogen-bond acceptors (Lipinski definition) is 7. The topological polar surface area (TPSA) is 122 Å². The zero-order valence-corrected chi connectivity index (χ0v) is 12.7. The van der Waals surface area contributed by atoms with E-state index in [1.54, 1.807) is 6.92 Å². The Balaban J connectivity index is 1.83. The van der Waals surface area contributed by atoms with Crippen molar-refractivity contribution in [2.75, 3.05) is 17.3 Å². The molecule has 3 heterocycles. The van der Waals surface area contributed by atoms with Gasteiger partial charge in [-0.05, 0) is 17.4 Å². The molecule has 2 amide bonds. The Morgan fingerprint density at radius 2 is 2.27 bits per heavy atom. The van der Waals surface area contributed by atoms with Crippen LogP contribution in [0.5, 0.6) is 0 Å². The highest BCUT2D eigenvalue weighted by Gasteiger charge is 2.58. The predicted molar refractivity (Wildman–Crippen MR) is 74.2 cm³/mol. The van der Waals surface area contributed by atoms with Gasteiger partial charge in [-0.15, -0.1) is 21.7 Å². The van der Waals surface area contributed by atoms with Crippen LogP contribution in [0.1, 0.15) is 13.8 Å². The Hall–Kier alpha value is -2.17. The molecule has 1 aromatic heterocycles. The van der Waals surface area contributed by atoms with E-state index in [9.17, 15) is 19.5 Å². The van der Waals surface area contributed by atoms with Gasteiger partial charge in [0.15, 0.2) is 12.4 Å². The molecule has 2 saturated heterocycles. The zero-order chi connectivity index (χ0) is 16.1. The largest absolute Gasteiger partial charge is 0.481 e. The van der Waals surface area contributed by atoms with Crippen molar-refractivity contribution in [3.63, 3.8) is 0 Å². The van der Waals surface area contributed by atoms with E-state index in [0.29, 0.717) is 5.75 Å². The van der Waals surface area contributed by atoms with Gasteiger partial charge in [-0.2, -0.15) is 0 Å². The second-order valence-electron chi connectivity index (χ2n) is 5.57. The van der Waals surface area contributed by atoms with Crippen LogP contribution in [-0.4, -0.2) is 71.8 Å². The van der Waals surface area contributed by atoms with E-state index in [4.69, 9.17) is 0 Å². The highest BCUT2D eigenvalue weighted by atomic mass is 32.2. The molecule has 10 nitrogen and oxygen atoms in total. The molecule has 2 aliphatic heterocycles. The summed E-state index contributed by atoms with van der Waals surface area (Å²) in [4.78, 5) is 38.2. The van der Waals surface area contributed by atoms with Gasteiger partial charge in [0, 0.05) is 19.2 Å². The van der Waals surface area contributed by atoms with Gasteiger partial charge in [0.2, 0.25) is 5.91 Å². The second-order valence-corrected chi connectivity index (χ2v) is 6.68. The number of β-lactam (4-membered cyclic amide) rings is 1. The summed E-state index contributed by atoms with van der Waals surface area (Å²) in [5.74, 6) is -1.22. The van der Waals surface area contributed by atoms with Crippen LogP contribution in [0.3, 0.4) is 0 Å². The van der Waals surface area contributed by atoms with Gasteiger partial charge < -0.3 is 10.0 Å². The Kier molecular flexibility index (Phi) is 3.31. The van der Waals surface area contributed by atoms with Crippen LogP contribution < -0.4 is 5.01 Å². The average Bonchev–Trinajstić information content (AvgIpc) is 2.98. The van der Waals surface area contributed by atoms with Gasteiger partial charge in [-0.1, -0.05) is 0 Å². The fourth-order valence-electron chi connectivity index (χ4n) is 2.62. The number of nitrogens with zero attached hydrogens (tertiary/aromatic N) is 6. The molecule has 0 bridgehead atoms. The number of fused-ring (bicyclic) bond motifs is 1. The molecule has 11 heteroatoms. The van der Waals surface area contributed by atoms with Crippen molar-refractivity contribution in [3.8, 4) is 0 Å². The summed E-state index contributed by atoms with van der Waals surface area (Å²) in [6, 6.07) is -0.718. The number of thioether (sulfide) groups is 1. The number of amides is 2. The first kappa shape index (κ1) is 14.8. The Bertz CT molecular complexity index is 637. The molecular formula is C11H14N6O4S. The van der Waals surface area contributed by atoms with Crippen molar-refractivity contribution in [3.05, 3.63) is 6.33 Å². The van der Waals surface area contributed by atoms with Gasteiger partial charge in [-0.3, -0.25) is 14.4 Å². The Morgan fingerprint density at radius 1 is 1.55 bits per heavy atom. The number of tetrazole rings is 1. The summed E-state index contributed by atoms with van der Waals surface area (Å²) >= 11 is 1.35. The van der Waals surface area contributed by atoms with Crippen LogP contribution in [0.25, 0.3) is 0 Å². The molecule has 118 valence electrons. The van der Waals surface area contributed by atoms with E-state index in [-0.39, 0.29) is 23.7 Å². The average molecular weight is 326 g/mol. The van der Waals surface area contributed by atoms with Crippen LogP contribution in [0.15, 0.2) is 6.33 Å². The maximum Gasteiger partial charge on any atom is 0.312 e. The number of rotatable bonds is 3. The molecular weight excluding hydrogens is 312 g/mol. The second kappa shape index (κ2) is 4.93. The monoisotopic (exact) mass is 326 g/mol. The highest BCUT2D eigenvalue weighted by molar-refractivity contribution is 8.00. The third-order valence-corrected chi connectivity index (χ3v) is 5.52. The van der Waals surface area contributed by atoms with Crippen molar-refractivity contribution in [1.29, 1.82) is 0 Å². The third kappa shape index (κ3) is 2.03. The maximum absolute atomic E-state index is 12.4. The minimum absolute atomic E-state index is 0.136. The minimum atomic E-state index is -0.975. The van der Waals surface area contributed by atoms with Gasteiger partial charge in [0.25, 0.3) is 5.91 Å². The number of carbonyl (C=O) groups excluding carboxylic acids is 2. The lowest BCUT2D eigenvalue weighted by atomic mass is 9.89. The molecule has 22 heavy (non-hydrogen) atoms. The first-order valence-electron chi connectivity index (χ1n) is 6.54. The zero-order valence-electron chi connectivity index (χ0n) is 11.9. The SMILES string of the molecule is CC(=O)N(C1C(=O)N2CC(C)(C(=O)O)CS[C@H]12)n1cnnn1. The number of carboxylic acids is 1. The highest BCUT2D eigenvalue weighted by Crippen LogP contribution is 2.43. The van der Waals surface area contributed by atoms with E-state index in [1.165, 1.54) is 34.9 Å². The summed E-state index contributed by atoms with van der Waals surface area (Å²) in [6.07, 6.45) is 1.24. The molecule has 0 spiro atoms. The lowest BCUT2D eigenvalue weighted by molar-refractivity contribution is -0.157. The molecule has 3 atom stereocenters. The lowest BCUT2D eigenvalue weighted by Gasteiger charge is -2.54. The molecule has 0 radical (unpaired) electrons. The van der Waals surface area contributed by atoms with Crippen molar-refractivity contribution >= 4 is 29.5 Å². The van der Waals surface area contributed by atoms with E-state index in [0.717, 1.165) is 4.79 Å². The standard InChI is InChI=1S/C11H14N6O4S/c1-6(18)17(16-5-12-13-14-16)7-8(19)15-3-11(2,10(20)21)4-22-9(7)15/h5,7,9H,3-4H2,1-2H3,(H,20,21)/t7?,9-,11?/m1/s1. The number of aromatic nitrogens is 4. The quantitative estimate of drug-likeness (QED) is 0.668. The molecule has 2 unspecified atom stereocenters. The molecule has 3 rings (SSSR count). The smallest absolute Gasteiger partial charge is 0.312 e. The van der Waals surface area contributed by atoms with Gasteiger partial charge in [0.05, 0.1) is 5.41 Å². The van der Waals surface area contributed by atoms with E-state index in [2.05, 4.69) is 15.5 Å². The van der Waals surface area contributed by atoms with E-state index < -0.39 is 17.4 Å². The molecule has 1 N–H and O–H groups in total. The number of carbonyl (C=O) groups is 3. The molecule has 1 aromatic rings. The summed E-state index contributed by atoms with van der Waals surface area (Å²) < 4.78 is 0. The minimum Gasteiger partial charge on any atom is -0.481 e. The van der Waals surface area contributed by atoms with Crippen LogP contribution in [0.2, 0.25) is 0 Å². The summed E-state index contributed by atoms with van der Waals surface area (Å²) in [5, 5.41) is 20.8. The summed E-state index contributed by atoms with van der Waals surface area (Å²) in [6.45, 7) is 3.08.